The molecule has 2 heterocycles. The lowest BCUT2D eigenvalue weighted by atomic mass is 10.5. The Kier molecular flexibility index (Phi) is 3.84. The molecule has 0 aromatic carbocycles. The molecule has 0 saturated carbocycles. The highest BCUT2D eigenvalue weighted by Crippen LogP contribution is 2.25. The van der Waals surface area contributed by atoms with E-state index in [1.54, 1.807) is 5.38 Å². The molecule has 0 amide bonds. The van der Waals surface area contributed by atoms with Gasteiger partial charge in [0.2, 0.25) is 0 Å². The first-order valence-corrected chi connectivity index (χ1v) is 6.82. The molecule has 2 aromatic heterocycles. The van der Waals surface area contributed by atoms with Crippen LogP contribution in [0.1, 0.15) is 15.5 Å². The van der Waals surface area contributed by atoms with Gasteiger partial charge in [0, 0.05) is 17.3 Å². The Morgan fingerprint density at radius 1 is 1.44 bits per heavy atom. The average molecular weight is 367 g/mol. The van der Waals surface area contributed by atoms with Crippen LogP contribution in [0.2, 0.25) is 0 Å². The molecule has 0 unspecified atom stereocenters. The van der Waals surface area contributed by atoms with Crippen LogP contribution in [0.5, 0.6) is 0 Å². The molecule has 2 N–H and O–H groups in total. The number of hydrogen-bond donors (Lipinski definition) is 1. The molecule has 0 radical (unpaired) electrons. The monoisotopic (exact) mass is 367 g/mol. The van der Waals surface area contributed by atoms with Gasteiger partial charge in [-0.3, -0.25) is 0 Å². The van der Waals surface area contributed by atoms with Crippen LogP contribution in [0.4, 0.5) is 0 Å². The largest absolute Gasteiger partial charge is 0.390 e. The number of aromatic nitrogens is 2. The zero-order chi connectivity index (χ0) is 11.5. The van der Waals surface area contributed by atoms with Crippen LogP contribution in [0.15, 0.2) is 10.8 Å². The second-order valence-electron chi connectivity index (χ2n) is 2.73. The normalized spacial score (nSPS) is 10.4. The van der Waals surface area contributed by atoms with Crippen LogP contribution in [-0.2, 0) is 9.61 Å². The highest BCUT2D eigenvalue weighted by molar-refractivity contribution is 14.1. The third kappa shape index (κ3) is 2.39. The van der Waals surface area contributed by atoms with E-state index in [9.17, 15) is 4.79 Å². The molecule has 2 aromatic rings. The summed E-state index contributed by atoms with van der Waals surface area (Å²) in [6.45, 7) is 0.415. The second kappa shape index (κ2) is 5.17. The van der Waals surface area contributed by atoms with Gasteiger partial charge in [0.1, 0.15) is 15.7 Å². The molecule has 16 heavy (non-hydrogen) atoms. The van der Waals surface area contributed by atoms with Gasteiger partial charge in [-0.1, -0.05) is 0 Å². The molecule has 0 aliphatic heterocycles. The van der Waals surface area contributed by atoms with Crippen molar-refractivity contribution in [1.82, 2.24) is 9.97 Å². The van der Waals surface area contributed by atoms with Crippen molar-refractivity contribution in [1.29, 1.82) is 0 Å². The van der Waals surface area contributed by atoms with E-state index < -0.39 is 5.97 Å². The van der Waals surface area contributed by atoms with E-state index in [-0.39, 0.29) is 0 Å². The summed E-state index contributed by atoms with van der Waals surface area (Å²) in [5.41, 5.74) is 6.53. The summed E-state index contributed by atoms with van der Waals surface area (Å²) in [6, 6.07) is 0. The second-order valence-corrected chi connectivity index (χ2v) is 4.97. The summed E-state index contributed by atoms with van der Waals surface area (Å²) >= 11 is 4.37. The number of carbonyl (C=O) groups is 1. The van der Waals surface area contributed by atoms with Crippen LogP contribution in [0, 0.1) is 0 Å². The van der Waals surface area contributed by atoms with E-state index in [1.807, 2.05) is 5.38 Å². The van der Waals surface area contributed by atoms with Gasteiger partial charge in [0.15, 0.2) is 28.7 Å². The van der Waals surface area contributed by atoms with Crippen LogP contribution in [0.3, 0.4) is 0 Å². The number of hydrogen-bond acceptors (Lipinski definition) is 7. The molecule has 8 heteroatoms. The van der Waals surface area contributed by atoms with E-state index in [0.29, 0.717) is 17.2 Å². The fourth-order valence-electron chi connectivity index (χ4n) is 1.03. The predicted molar refractivity (Wildman–Crippen MR) is 70.5 cm³/mol. The third-order valence-corrected chi connectivity index (χ3v) is 3.86. The molecule has 0 spiro atoms. The van der Waals surface area contributed by atoms with Gasteiger partial charge >= 0.3 is 5.97 Å². The number of thiazole rings is 2. The van der Waals surface area contributed by atoms with E-state index in [4.69, 9.17) is 5.73 Å². The summed E-state index contributed by atoms with van der Waals surface area (Å²) in [4.78, 5) is 19.6. The van der Waals surface area contributed by atoms with Crippen LogP contribution in [-0.4, -0.2) is 15.9 Å². The van der Waals surface area contributed by atoms with Gasteiger partial charge in [-0.2, -0.15) is 0 Å². The topological polar surface area (TPSA) is 78.1 Å². The summed E-state index contributed by atoms with van der Waals surface area (Å²) < 4.78 is 4.55. The molecule has 0 fully saturated rings. The first-order valence-electron chi connectivity index (χ1n) is 4.18. The molecular formula is C8H6IN3O2S2. The van der Waals surface area contributed by atoms with Gasteiger partial charge in [0.25, 0.3) is 0 Å². The molecule has 2 rings (SSSR count). The van der Waals surface area contributed by atoms with Crippen molar-refractivity contribution in [3.63, 3.8) is 0 Å². The lowest BCUT2D eigenvalue weighted by molar-refractivity contribution is 0.0795. The van der Waals surface area contributed by atoms with Gasteiger partial charge in [-0.25, -0.2) is 14.8 Å². The highest BCUT2D eigenvalue weighted by Gasteiger charge is 2.14. The first-order chi connectivity index (χ1) is 7.74. The van der Waals surface area contributed by atoms with Crippen LogP contribution in [0.25, 0.3) is 10.7 Å². The van der Waals surface area contributed by atoms with Gasteiger partial charge in [0.05, 0.1) is 0 Å². The summed E-state index contributed by atoms with van der Waals surface area (Å²) in [5.74, 6) is -0.447. The lowest BCUT2D eigenvalue weighted by Gasteiger charge is -1.89. The summed E-state index contributed by atoms with van der Waals surface area (Å²) in [5, 5.41) is 5.08. The molecular weight excluding hydrogens is 361 g/mol. The average Bonchev–Trinajstić information content (AvgIpc) is 2.95. The maximum atomic E-state index is 11.2. The van der Waals surface area contributed by atoms with E-state index in [1.165, 1.54) is 45.7 Å². The smallest absolute Gasteiger partial charge is 0.367 e. The minimum absolute atomic E-state index is 0.302. The number of nitrogens with zero attached hydrogens (tertiary/aromatic N) is 2. The molecule has 0 aliphatic carbocycles. The lowest BCUT2D eigenvalue weighted by Crippen LogP contribution is -1.97. The maximum absolute atomic E-state index is 11.2. The Balaban J connectivity index is 2.27. The summed E-state index contributed by atoms with van der Waals surface area (Å²) in [6.07, 6.45) is 0. The molecule has 0 saturated heterocycles. The minimum atomic E-state index is -0.447. The molecule has 0 aliphatic rings. The van der Waals surface area contributed by atoms with E-state index in [0.717, 1.165) is 10.7 Å². The van der Waals surface area contributed by atoms with Gasteiger partial charge < -0.3 is 8.80 Å². The predicted octanol–water partition coefficient (Wildman–Crippen LogP) is 2.23. The van der Waals surface area contributed by atoms with Crippen LogP contribution < -0.4 is 5.73 Å². The quantitative estimate of drug-likeness (QED) is 0.842. The van der Waals surface area contributed by atoms with Crippen molar-refractivity contribution in [2.45, 2.75) is 6.54 Å². The first kappa shape index (κ1) is 11.9. The van der Waals surface area contributed by atoms with Gasteiger partial charge in [-0.05, 0) is 0 Å². The number of carbonyl (C=O) groups excluding carboxylic acids is 1. The van der Waals surface area contributed by atoms with Crippen molar-refractivity contribution in [3.8, 4) is 10.7 Å². The SMILES string of the molecule is NCc1nc(-c2nc(C(=O)OI)cs2)cs1. The van der Waals surface area contributed by atoms with Crippen molar-refractivity contribution < 1.29 is 7.86 Å². The van der Waals surface area contributed by atoms with Crippen molar-refractivity contribution in [2.75, 3.05) is 0 Å². The third-order valence-electron chi connectivity index (χ3n) is 1.73. The molecule has 5 nitrogen and oxygen atoms in total. The Morgan fingerprint density at radius 2 is 2.25 bits per heavy atom. The van der Waals surface area contributed by atoms with Crippen molar-refractivity contribution >= 4 is 51.6 Å². The molecule has 84 valence electrons. The molecule has 0 atom stereocenters. The fraction of sp³-hybridized carbons (Fsp3) is 0.125. The van der Waals surface area contributed by atoms with Crippen molar-refractivity contribution in [2.24, 2.45) is 5.73 Å². The Labute approximate surface area is 113 Å². The zero-order valence-electron chi connectivity index (χ0n) is 7.84. The maximum Gasteiger partial charge on any atom is 0.367 e. The van der Waals surface area contributed by atoms with E-state index in [2.05, 4.69) is 13.0 Å². The summed E-state index contributed by atoms with van der Waals surface area (Å²) in [7, 11) is 0. The number of nitrogens with two attached hydrogens (primary N) is 1. The zero-order valence-corrected chi connectivity index (χ0v) is 11.6. The highest BCUT2D eigenvalue weighted by atomic mass is 127. The Hall–Kier alpha value is -0.580. The minimum Gasteiger partial charge on any atom is -0.390 e. The Bertz CT molecular complexity index is 511. The Morgan fingerprint density at radius 3 is 2.88 bits per heavy atom. The van der Waals surface area contributed by atoms with E-state index >= 15 is 0 Å². The standard InChI is InChI=1S/C8H6IN3O2S2/c9-14-8(13)5-3-16-7(12-5)4-2-15-6(1-10)11-4/h2-3H,1,10H2. The molecule has 0 bridgehead atoms. The van der Waals surface area contributed by atoms with Gasteiger partial charge in [-0.15, -0.1) is 22.7 Å². The number of halogens is 1. The van der Waals surface area contributed by atoms with Crippen LogP contribution >= 0.6 is 45.7 Å². The fourth-order valence-corrected chi connectivity index (χ4v) is 2.74. The number of rotatable bonds is 3. The van der Waals surface area contributed by atoms with Crippen molar-refractivity contribution in [3.05, 3.63) is 21.5 Å².